The second-order valence-corrected chi connectivity index (χ2v) is 15.9. The molecule has 32 heavy (non-hydrogen) atoms. The third-order valence-corrected chi connectivity index (χ3v) is 10.9. The second kappa shape index (κ2) is 8.80. The Labute approximate surface area is 192 Å². The van der Waals surface area contributed by atoms with Gasteiger partial charge in [0.05, 0.1) is 30.9 Å². The summed E-state index contributed by atoms with van der Waals surface area (Å²) in [5, 5.41) is 0.0135. The molecule has 2 saturated heterocycles. The monoisotopic (exact) mass is 463 g/mol. The molecule has 7 nitrogen and oxygen atoms in total. The third-order valence-electron chi connectivity index (χ3n) is 6.42. The normalized spacial score (nSPS) is 26.1. The van der Waals surface area contributed by atoms with Gasteiger partial charge in [0, 0.05) is 0 Å². The number of ether oxygens (including phenoxy) is 3. The molecule has 0 spiro atoms. The van der Waals surface area contributed by atoms with Crippen LogP contribution in [-0.4, -0.2) is 68.4 Å². The molecule has 1 aromatic rings. The Bertz CT molecular complexity index is 829. The highest BCUT2D eigenvalue weighted by Crippen LogP contribution is 2.41. The molecule has 0 aliphatic carbocycles. The van der Waals surface area contributed by atoms with Crippen LogP contribution in [0.5, 0.6) is 0 Å². The summed E-state index contributed by atoms with van der Waals surface area (Å²) in [6.45, 7) is 17.0. The number of hydrogen-bond donors (Lipinski definition) is 0. The molecule has 4 atom stereocenters. The lowest BCUT2D eigenvalue weighted by atomic mass is 10.1. The summed E-state index contributed by atoms with van der Waals surface area (Å²) < 4.78 is 24.2. The first kappa shape index (κ1) is 24.7. The highest BCUT2D eigenvalue weighted by Gasteiger charge is 2.57. The minimum atomic E-state index is -2.11. The Morgan fingerprint density at radius 2 is 1.66 bits per heavy atom. The van der Waals surface area contributed by atoms with Gasteiger partial charge in [0.2, 0.25) is 0 Å². The second-order valence-electron chi connectivity index (χ2n) is 11.1. The van der Waals surface area contributed by atoms with Gasteiger partial charge in [-0.05, 0) is 51.0 Å². The van der Waals surface area contributed by atoms with Crippen molar-refractivity contribution in [2.45, 2.75) is 89.6 Å². The largest absolute Gasteiger partial charge is 0.454 e. The maximum atomic E-state index is 13.1. The molecular formula is C24H37NO6Si. The van der Waals surface area contributed by atoms with Gasteiger partial charge in [0.1, 0.15) is 17.8 Å². The number of fused-ring (bicyclic) bond motifs is 1. The average Bonchev–Trinajstić information content (AvgIpc) is 3.21. The lowest BCUT2D eigenvalue weighted by molar-refractivity contribution is -0.0174. The third kappa shape index (κ3) is 5.35. The van der Waals surface area contributed by atoms with Crippen molar-refractivity contribution in [2.75, 3.05) is 13.2 Å². The van der Waals surface area contributed by atoms with E-state index in [1.807, 2.05) is 26.8 Å². The van der Waals surface area contributed by atoms with Crippen LogP contribution in [0.2, 0.25) is 18.1 Å². The molecule has 178 valence electrons. The smallest absolute Gasteiger partial charge is 0.410 e. The fraction of sp³-hybridized carbons (Fsp3) is 0.667. The fourth-order valence-electron chi connectivity index (χ4n) is 3.80. The van der Waals surface area contributed by atoms with Crippen LogP contribution in [-0.2, 0) is 18.6 Å². The molecule has 0 bridgehead atoms. The molecule has 2 heterocycles. The summed E-state index contributed by atoms with van der Waals surface area (Å²) in [4.78, 5) is 27.4. The van der Waals surface area contributed by atoms with Crippen molar-refractivity contribution in [3.8, 4) is 0 Å². The Morgan fingerprint density at radius 1 is 1.03 bits per heavy atom. The Hall–Kier alpha value is -1.90. The average molecular weight is 464 g/mol. The zero-order valence-electron chi connectivity index (χ0n) is 20.5. The van der Waals surface area contributed by atoms with Crippen LogP contribution in [0.15, 0.2) is 30.3 Å². The molecule has 0 radical (unpaired) electrons. The highest BCUT2D eigenvalue weighted by molar-refractivity contribution is 6.74. The van der Waals surface area contributed by atoms with Crippen LogP contribution in [0, 0.1) is 0 Å². The van der Waals surface area contributed by atoms with Crippen molar-refractivity contribution < 1.29 is 28.2 Å². The van der Waals surface area contributed by atoms with Gasteiger partial charge in [0.15, 0.2) is 8.32 Å². The molecule has 3 rings (SSSR count). The first-order valence-electron chi connectivity index (χ1n) is 11.2. The maximum absolute atomic E-state index is 13.1. The van der Waals surface area contributed by atoms with E-state index in [2.05, 4.69) is 33.9 Å². The number of hydrogen-bond acceptors (Lipinski definition) is 6. The Morgan fingerprint density at radius 3 is 2.22 bits per heavy atom. The molecule has 2 fully saturated rings. The lowest BCUT2D eigenvalue weighted by Crippen LogP contribution is -2.52. The van der Waals surface area contributed by atoms with E-state index in [9.17, 15) is 9.59 Å². The minimum absolute atomic E-state index is 0.0135. The molecule has 1 amide bonds. The van der Waals surface area contributed by atoms with Gasteiger partial charge in [-0.15, -0.1) is 0 Å². The van der Waals surface area contributed by atoms with E-state index in [0.717, 1.165) is 0 Å². The molecule has 0 aromatic heterocycles. The highest BCUT2D eigenvalue weighted by atomic mass is 28.4. The predicted octanol–water partition coefficient (Wildman–Crippen LogP) is 4.62. The van der Waals surface area contributed by atoms with Crippen molar-refractivity contribution in [3.05, 3.63) is 35.9 Å². The number of likely N-dealkylation sites (tertiary alicyclic amines) is 1. The number of esters is 1. The van der Waals surface area contributed by atoms with Gasteiger partial charge >= 0.3 is 12.1 Å². The van der Waals surface area contributed by atoms with Crippen LogP contribution in [0.4, 0.5) is 4.79 Å². The molecule has 2 aliphatic heterocycles. The van der Waals surface area contributed by atoms with Crippen molar-refractivity contribution in [3.63, 3.8) is 0 Å². The van der Waals surface area contributed by atoms with E-state index >= 15 is 0 Å². The van der Waals surface area contributed by atoms with Crippen LogP contribution >= 0.6 is 0 Å². The first-order valence-corrected chi connectivity index (χ1v) is 14.2. The molecule has 2 aliphatic rings. The summed E-state index contributed by atoms with van der Waals surface area (Å²) in [6, 6.07) is 8.47. The summed E-state index contributed by atoms with van der Waals surface area (Å²) in [6.07, 6.45) is -1.79. The number of carbonyl (C=O) groups excluding carboxylic acids is 2. The number of amides is 1. The van der Waals surface area contributed by atoms with Gasteiger partial charge in [-0.3, -0.25) is 4.90 Å². The van der Waals surface area contributed by atoms with E-state index in [0.29, 0.717) is 12.2 Å². The van der Waals surface area contributed by atoms with Crippen molar-refractivity contribution >= 4 is 20.4 Å². The molecule has 0 unspecified atom stereocenters. The fourth-order valence-corrected chi connectivity index (χ4v) is 5.12. The van der Waals surface area contributed by atoms with E-state index in [4.69, 9.17) is 18.6 Å². The van der Waals surface area contributed by atoms with Crippen molar-refractivity contribution in [2.24, 2.45) is 0 Å². The maximum Gasteiger partial charge on any atom is 0.410 e. The molecular weight excluding hydrogens is 426 g/mol. The van der Waals surface area contributed by atoms with Crippen LogP contribution < -0.4 is 0 Å². The predicted molar refractivity (Wildman–Crippen MR) is 124 cm³/mol. The topological polar surface area (TPSA) is 74.3 Å². The quantitative estimate of drug-likeness (QED) is 0.479. The van der Waals surface area contributed by atoms with Crippen molar-refractivity contribution in [1.82, 2.24) is 4.90 Å². The number of rotatable bonds is 4. The van der Waals surface area contributed by atoms with Gasteiger partial charge in [0.25, 0.3) is 0 Å². The summed E-state index contributed by atoms with van der Waals surface area (Å²) in [7, 11) is -2.11. The summed E-state index contributed by atoms with van der Waals surface area (Å²) in [5.74, 6) is -0.433. The zero-order chi connectivity index (χ0) is 23.9. The number of benzene rings is 1. The Balaban J connectivity index is 1.83. The molecule has 1 aromatic carbocycles. The minimum Gasteiger partial charge on any atom is -0.454 e. The summed E-state index contributed by atoms with van der Waals surface area (Å²) in [5.41, 5.74) is -0.174. The standard InChI is InChI=1S/C24H37NO6Si/c1-23(2,3)30-22(27)25-14-17(29-21(26)16-12-10-9-11-13-16)20-19(25)18(15-28-20)31-32(7,8)24(4,5)6/h9-13,17-20H,14-15H2,1-8H3/t17-,18-,19+,20+/m0/s1. The van der Waals surface area contributed by atoms with Gasteiger partial charge in [-0.25, -0.2) is 9.59 Å². The van der Waals surface area contributed by atoms with Gasteiger partial charge in [-0.1, -0.05) is 39.0 Å². The van der Waals surface area contributed by atoms with E-state index in [1.165, 1.54) is 0 Å². The Kier molecular flexibility index (Phi) is 6.80. The molecule has 0 saturated carbocycles. The van der Waals surface area contributed by atoms with Crippen LogP contribution in [0.3, 0.4) is 0 Å². The van der Waals surface area contributed by atoms with Gasteiger partial charge in [-0.2, -0.15) is 0 Å². The first-order chi connectivity index (χ1) is 14.7. The SMILES string of the molecule is CC(C)(C)OC(=O)N1C[C@H](OC(=O)c2ccccc2)[C@H]2OC[C@H](O[Si](C)(C)C(C)(C)C)[C@H]21. The van der Waals surface area contributed by atoms with E-state index in [-0.39, 0.29) is 23.7 Å². The van der Waals surface area contributed by atoms with E-state index in [1.54, 1.807) is 29.2 Å². The van der Waals surface area contributed by atoms with Crippen molar-refractivity contribution in [1.29, 1.82) is 0 Å². The number of nitrogens with zero attached hydrogens (tertiary/aromatic N) is 1. The lowest BCUT2D eigenvalue weighted by Gasteiger charge is -2.40. The van der Waals surface area contributed by atoms with Gasteiger partial charge < -0.3 is 18.6 Å². The number of carbonyl (C=O) groups is 2. The van der Waals surface area contributed by atoms with E-state index < -0.39 is 38.2 Å². The van der Waals surface area contributed by atoms with Crippen LogP contribution in [0.25, 0.3) is 0 Å². The summed E-state index contributed by atoms with van der Waals surface area (Å²) >= 11 is 0. The zero-order valence-corrected chi connectivity index (χ0v) is 21.5. The molecule has 0 N–H and O–H groups in total. The van der Waals surface area contributed by atoms with Crippen LogP contribution in [0.1, 0.15) is 51.9 Å². The molecule has 8 heteroatoms.